The first-order chi connectivity index (χ1) is 7.00. The number of carbonyl (C=O) groups excluding carboxylic acids is 1. The van der Waals surface area contributed by atoms with Gasteiger partial charge in [-0.25, -0.2) is 4.79 Å². The third-order valence-corrected chi connectivity index (χ3v) is 2.33. The van der Waals surface area contributed by atoms with Crippen LogP contribution < -0.4 is 0 Å². The molecule has 0 heterocycles. The van der Waals surface area contributed by atoms with Crippen molar-refractivity contribution in [3.8, 4) is 0 Å². The third-order valence-electron chi connectivity index (χ3n) is 1.81. The van der Waals surface area contributed by atoms with Crippen molar-refractivity contribution in [3.05, 3.63) is 39.9 Å². The summed E-state index contributed by atoms with van der Waals surface area (Å²) in [4.78, 5) is 21.4. The molecule has 78 valence electrons. The molecule has 0 radical (unpaired) electrons. The van der Waals surface area contributed by atoms with Crippen LogP contribution in [0.3, 0.4) is 0 Å². The van der Waals surface area contributed by atoms with Crippen molar-refractivity contribution in [1.82, 2.24) is 0 Å². The van der Waals surface area contributed by atoms with E-state index in [0.717, 1.165) is 10.0 Å². The van der Waals surface area contributed by atoms with E-state index in [0.29, 0.717) is 0 Å². The summed E-state index contributed by atoms with van der Waals surface area (Å²) in [5.74, 6) is -2.31. The Morgan fingerprint density at radius 1 is 1.27 bits per heavy atom. The van der Waals surface area contributed by atoms with E-state index in [2.05, 4.69) is 15.9 Å². The quantitative estimate of drug-likeness (QED) is 0.677. The van der Waals surface area contributed by atoms with E-state index < -0.39 is 11.8 Å². The van der Waals surface area contributed by atoms with Gasteiger partial charge in [0.25, 0.3) is 5.78 Å². The standard InChI is InChI=1S/C11H9BrO3/c1-7(10(13)11(14)15)6-8-2-4-9(12)5-3-8/h2-6H,1H3,(H,14,15). The molecule has 0 atom stereocenters. The Balaban J connectivity index is 2.92. The van der Waals surface area contributed by atoms with Crippen molar-refractivity contribution >= 4 is 33.8 Å². The highest BCUT2D eigenvalue weighted by Crippen LogP contribution is 2.13. The molecule has 3 nitrogen and oxygen atoms in total. The lowest BCUT2D eigenvalue weighted by Crippen LogP contribution is -2.13. The molecule has 0 unspecified atom stereocenters. The predicted molar refractivity (Wildman–Crippen MR) is 60.4 cm³/mol. The molecule has 0 bridgehead atoms. The van der Waals surface area contributed by atoms with Crippen LogP contribution in [-0.2, 0) is 9.59 Å². The van der Waals surface area contributed by atoms with Crippen LogP contribution in [0.5, 0.6) is 0 Å². The highest BCUT2D eigenvalue weighted by molar-refractivity contribution is 9.10. The molecule has 0 saturated heterocycles. The topological polar surface area (TPSA) is 54.4 Å². The number of aliphatic carboxylic acids is 1. The molecule has 0 aliphatic heterocycles. The van der Waals surface area contributed by atoms with Crippen LogP contribution in [0.1, 0.15) is 12.5 Å². The Morgan fingerprint density at radius 2 is 1.80 bits per heavy atom. The van der Waals surface area contributed by atoms with Gasteiger partial charge < -0.3 is 5.11 Å². The number of hydrogen-bond acceptors (Lipinski definition) is 2. The fourth-order valence-corrected chi connectivity index (χ4v) is 1.31. The first kappa shape index (κ1) is 11.7. The molecule has 4 heteroatoms. The number of hydrogen-bond donors (Lipinski definition) is 1. The number of Topliss-reactive ketones (excluding diaryl/α,β-unsaturated/α-hetero) is 1. The molecule has 0 fully saturated rings. The van der Waals surface area contributed by atoms with E-state index in [9.17, 15) is 9.59 Å². The molecule has 0 aliphatic rings. The van der Waals surface area contributed by atoms with Gasteiger partial charge in [0.15, 0.2) is 0 Å². The van der Waals surface area contributed by atoms with Gasteiger partial charge in [-0.2, -0.15) is 0 Å². The Bertz CT molecular complexity index is 418. The van der Waals surface area contributed by atoms with Crippen LogP contribution in [0, 0.1) is 0 Å². The number of carbonyl (C=O) groups is 2. The first-order valence-electron chi connectivity index (χ1n) is 4.22. The fourth-order valence-electron chi connectivity index (χ4n) is 1.04. The maximum Gasteiger partial charge on any atom is 0.376 e. The monoisotopic (exact) mass is 268 g/mol. The van der Waals surface area contributed by atoms with Crippen LogP contribution in [0.15, 0.2) is 34.3 Å². The van der Waals surface area contributed by atoms with Gasteiger partial charge in [0.2, 0.25) is 0 Å². The number of rotatable bonds is 3. The summed E-state index contributed by atoms with van der Waals surface area (Å²) in [6, 6.07) is 7.24. The molecule has 1 aromatic rings. The Morgan fingerprint density at radius 3 is 2.27 bits per heavy atom. The maximum absolute atomic E-state index is 11.0. The highest BCUT2D eigenvalue weighted by Gasteiger charge is 2.12. The minimum Gasteiger partial charge on any atom is -0.475 e. The minimum atomic E-state index is -1.43. The Kier molecular flexibility index (Phi) is 3.80. The molecule has 0 saturated carbocycles. The van der Waals surface area contributed by atoms with Gasteiger partial charge in [0, 0.05) is 10.0 Å². The van der Waals surface area contributed by atoms with E-state index in [-0.39, 0.29) is 5.57 Å². The second kappa shape index (κ2) is 4.89. The number of carboxylic acid groups (broad SMARTS) is 1. The lowest BCUT2D eigenvalue weighted by molar-refractivity contribution is -0.147. The van der Waals surface area contributed by atoms with Crippen LogP contribution in [0.2, 0.25) is 0 Å². The van der Waals surface area contributed by atoms with Gasteiger partial charge in [-0.15, -0.1) is 0 Å². The van der Waals surface area contributed by atoms with Crippen molar-refractivity contribution < 1.29 is 14.7 Å². The van der Waals surface area contributed by atoms with Gasteiger partial charge >= 0.3 is 5.97 Å². The third kappa shape index (κ3) is 3.32. The summed E-state index contributed by atoms with van der Waals surface area (Å²) in [6.45, 7) is 1.48. The van der Waals surface area contributed by atoms with Gasteiger partial charge in [-0.05, 0) is 30.7 Å². The fraction of sp³-hybridized carbons (Fsp3) is 0.0909. The molecular weight excluding hydrogens is 260 g/mol. The number of benzene rings is 1. The average Bonchev–Trinajstić information content (AvgIpc) is 2.20. The zero-order valence-corrected chi connectivity index (χ0v) is 9.61. The zero-order valence-electron chi connectivity index (χ0n) is 8.03. The van der Waals surface area contributed by atoms with Crippen LogP contribution in [-0.4, -0.2) is 16.9 Å². The summed E-state index contributed by atoms with van der Waals surface area (Å²) in [7, 11) is 0. The zero-order chi connectivity index (χ0) is 11.4. The van der Waals surface area contributed by atoms with Gasteiger partial charge in [0.05, 0.1) is 0 Å². The van der Waals surface area contributed by atoms with Crippen molar-refractivity contribution in [1.29, 1.82) is 0 Å². The molecule has 1 rings (SSSR count). The van der Waals surface area contributed by atoms with Gasteiger partial charge in [0.1, 0.15) is 0 Å². The second-order valence-electron chi connectivity index (χ2n) is 3.01. The first-order valence-corrected chi connectivity index (χ1v) is 5.01. The maximum atomic E-state index is 11.0. The van der Waals surface area contributed by atoms with Crippen LogP contribution in [0.25, 0.3) is 6.08 Å². The Labute approximate surface area is 95.6 Å². The van der Waals surface area contributed by atoms with E-state index in [1.54, 1.807) is 18.2 Å². The molecule has 0 amide bonds. The molecule has 0 aromatic heterocycles. The smallest absolute Gasteiger partial charge is 0.376 e. The largest absolute Gasteiger partial charge is 0.475 e. The van der Waals surface area contributed by atoms with Crippen molar-refractivity contribution in [3.63, 3.8) is 0 Å². The van der Waals surface area contributed by atoms with Crippen molar-refractivity contribution in [2.24, 2.45) is 0 Å². The van der Waals surface area contributed by atoms with Crippen molar-refractivity contribution in [2.75, 3.05) is 0 Å². The second-order valence-corrected chi connectivity index (χ2v) is 3.93. The van der Waals surface area contributed by atoms with Crippen LogP contribution in [0.4, 0.5) is 0 Å². The lowest BCUT2D eigenvalue weighted by Gasteiger charge is -1.97. The van der Waals surface area contributed by atoms with E-state index in [1.165, 1.54) is 6.92 Å². The van der Waals surface area contributed by atoms with E-state index >= 15 is 0 Å². The SMILES string of the molecule is CC(=Cc1ccc(Br)cc1)C(=O)C(=O)O. The Hall–Kier alpha value is -1.42. The molecule has 0 spiro atoms. The molecular formula is C11H9BrO3. The van der Waals surface area contributed by atoms with E-state index in [1.807, 2.05) is 12.1 Å². The molecule has 0 aliphatic carbocycles. The molecule has 1 aromatic carbocycles. The number of halogens is 1. The van der Waals surface area contributed by atoms with Gasteiger partial charge in [-0.1, -0.05) is 28.1 Å². The number of ketones is 1. The molecule has 1 N–H and O–H groups in total. The normalized spacial score (nSPS) is 11.2. The van der Waals surface area contributed by atoms with Gasteiger partial charge in [-0.3, -0.25) is 4.79 Å². The summed E-state index contributed by atoms with van der Waals surface area (Å²) >= 11 is 3.28. The average molecular weight is 269 g/mol. The summed E-state index contributed by atoms with van der Waals surface area (Å²) in [5.41, 5.74) is 1.01. The minimum absolute atomic E-state index is 0.213. The highest BCUT2D eigenvalue weighted by atomic mass is 79.9. The lowest BCUT2D eigenvalue weighted by atomic mass is 10.1. The van der Waals surface area contributed by atoms with E-state index in [4.69, 9.17) is 5.11 Å². The summed E-state index contributed by atoms with van der Waals surface area (Å²) in [6.07, 6.45) is 1.54. The van der Waals surface area contributed by atoms with Crippen molar-refractivity contribution in [2.45, 2.75) is 6.92 Å². The molecule has 15 heavy (non-hydrogen) atoms. The summed E-state index contributed by atoms with van der Waals surface area (Å²) in [5, 5.41) is 8.48. The number of carboxylic acids is 1. The predicted octanol–water partition coefficient (Wildman–Crippen LogP) is 2.51. The summed E-state index contributed by atoms with van der Waals surface area (Å²) < 4.78 is 0.932. The van der Waals surface area contributed by atoms with Crippen LogP contribution >= 0.6 is 15.9 Å².